The standard InChI is InChI=1S/C20H19N5O2S/c1-2-21-19(27)22-16(26)13-28-20-23-17(14-9-5-3-6-10-14)18(24-25-20)15-11-7-4-8-12-15/h3-12H,2,13H2,1H3,(H2,21,22,26,27). The Hall–Kier alpha value is -3.26. The molecule has 1 aromatic heterocycles. The van der Waals surface area contributed by atoms with Gasteiger partial charge in [0.15, 0.2) is 0 Å². The molecule has 3 aromatic rings. The van der Waals surface area contributed by atoms with Crippen LogP contribution in [0.15, 0.2) is 65.8 Å². The first-order chi connectivity index (χ1) is 13.7. The molecular weight excluding hydrogens is 374 g/mol. The minimum absolute atomic E-state index is 0.0116. The second-order valence-corrected chi connectivity index (χ2v) is 6.66. The number of rotatable bonds is 6. The van der Waals surface area contributed by atoms with E-state index in [9.17, 15) is 9.59 Å². The predicted octanol–water partition coefficient (Wildman–Crippen LogP) is 3.14. The van der Waals surface area contributed by atoms with Crippen LogP contribution in [-0.2, 0) is 4.79 Å². The van der Waals surface area contributed by atoms with Crippen LogP contribution >= 0.6 is 11.8 Å². The first-order valence-corrected chi connectivity index (χ1v) is 9.72. The van der Waals surface area contributed by atoms with Crippen molar-refractivity contribution in [1.82, 2.24) is 25.8 Å². The molecule has 7 nitrogen and oxygen atoms in total. The third kappa shape index (κ3) is 5.14. The first kappa shape index (κ1) is 19.5. The molecule has 142 valence electrons. The van der Waals surface area contributed by atoms with E-state index in [1.165, 1.54) is 0 Å². The maximum Gasteiger partial charge on any atom is 0.321 e. The van der Waals surface area contributed by atoms with Gasteiger partial charge in [-0.25, -0.2) is 9.78 Å². The van der Waals surface area contributed by atoms with Gasteiger partial charge in [0.1, 0.15) is 11.4 Å². The number of hydrogen-bond donors (Lipinski definition) is 2. The van der Waals surface area contributed by atoms with Gasteiger partial charge in [-0.3, -0.25) is 10.1 Å². The zero-order chi connectivity index (χ0) is 19.8. The first-order valence-electron chi connectivity index (χ1n) is 8.73. The third-order valence-corrected chi connectivity index (χ3v) is 4.52. The largest absolute Gasteiger partial charge is 0.338 e. The molecule has 0 saturated heterocycles. The second-order valence-electron chi connectivity index (χ2n) is 5.72. The fraction of sp³-hybridized carbons (Fsp3) is 0.150. The van der Waals surface area contributed by atoms with Crippen molar-refractivity contribution in [3.05, 3.63) is 60.7 Å². The van der Waals surface area contributed by atoms with Crippen LogP contribution in [0.2, 0.25) is 0 Å². The highest BCUT2D eigenvalue weighted by Crippen LogP contribution is 2.29. The van der Waals surface area contributed by atoms with Crippen molar-refractivity contribution in [2.45, 2.75) is 12.1 Å². The third-order valence-electron chi connectivity index (χ3n) is 3.68. The van der Waals surface area contributed by atoms with E-state index in [1.54, 1.807) is 6.92 Å². The van der Waals surface area contributed by atoms with Crippen molar-refractivity contribution in [3.63, 3.8) is 0 Å². The van der Waals surface area contributed by atoms with Gasteiger partial charge in [0.05, 0.1) is 5.75 Å². The van der Waals surface area contributed by atoms with Crippen molar-refractivity contribution >= 4 is 23.7 Å². The van der Waals surface area contributed by atoms with Crippen LogP contribution in [0.5, 0.6) is 0 Å². The molecule has 0 atom stereocenters. The Kier molecular flexibility index (Phi) is 6.69. The molecule has 3 rings (SSSR count). The van der Waals surface area contributed by atoms with Crippen molar-refractivity contribution in [2.24, 2.45) is 0 Å². The van der Waals surface area contributed by atoms with Gasteiger partial charge in [0, 0.05) is 17.7 Å². The highest BCUT2D eigenvalue weighted by Gasteiger charge is 2.15. The van der Waals surface area contributed by atoms with E-state index in [0.717, 1.165) is 22.9 Å². The molecule has 2 N–H and O–H groups in total. The van der Waals surface area contributed by atoms with Crippen LogP contribution < -0.4 is 10.6 Å². The summed E-state index contributed by atoms with van der Waals surface area (Å²) in [4.78, 5) is 27.9. The molecule has 0 unspecified atom stereocenters. The fourth-order valence-electron chi connectivity index (χ4n) is 2.46. The molecule has 0 radical (unpaired) electrons. The molecule has 8 heteroatoms. The van der Waals surface area contributed by atoms with Gasteiger partial charge in [0.2, 0.25) is 11.1 Å². The summed E-state index contributed by atoms with van der Waals surface area (Å²) in [6, 6.07) is 18.9. The van der Waals surface area contributed by atoms with Crippen LogP contribution in [0.4, 0.5) is 4.79 Å². The van der Waals surface area contributed by atoms with Gasteiger partial charge >= 0.3 is 6.03 Å². The van der Waals surface area contributed by atoms with E-state index >= 15 is 0 Å². The van der Waals surface area contributed by atoms with Crippen molar-refractivity contribution in [1.29, 1.82) is 0 Å². The number of imide groups is 1. The monoisotopic (exact) mass is 393 g/mol. The topological polar surface area (TPSA) is 96.9 Å². The zero-order valence-corrected chi connectivity index (χ0v) is 16.1. The second kappa shape index (κ2) is 9.61. The molecular formula is C20H19N5O2S. The number of urea groups is 1. The highest BCUT2D eigenvalue weighted by molar-refractivity contribution is 7.99. The SMILES string of the molecule is CCNC(=O)NC(=O)CSc1nnc(-c2ccccc2)c(-c2ccccc2)n1. The number of hydrogen-bond acceptors (Lipinski definition) is 6. The molecule has 0 fully saturated rings. The van der Waals surface area contributed by atoms with Crippen molar-refractivity contribution in [2.75, 3.05) is 12.3 Å². The number of thioether (sulfide) groups is 1. The number of nitrogens with zero attached hydrogens (tertiary/aromatic N) is 3. The zero-order valence-electron chi connectivity index (χ0n) is 15.3. The van der Waals surface area contributed by atoms with Gasteiger partial charge in [-0.05, 0) is 6.92 Å². The minimum atomic E-state index is -0.517. The van der Waals surface area contributed by atoms with E-state index in [-0.39, 0.29) is 5.75 Å². The predicted molar refractivity (Wildman–Crippen MR) is 109 cm³/mol. The Morgan fingerprint density at radius 2 is 1.50 bits per heavy atom. The van der Waals surface area contributed by atoms with Crippen LogP contribution in [0.25, 0.3) is 22.5 Å². The Morgan fingerprint density at radius 1 is 0.893 bits per heavy atom. The molecule has 1 heterocycles. The van der Waals surface area contributed by atoms with Gasteiger partial charge < -0.3 is 5.32 Å². The fourth-order valence-corrected chi connectivity index (χ4v) is 3.04. The molecule has 0 bridgehead atoms. The van der Waals surface area contributed by atoms with E-state index < -0.39 is 11.9 Å². The molecule has 0 spiro atoms. The maximum absolute atomic E-state index is 11.9. The summed E-state index contributed by atoms with van der Waals surface area (Å²) in [7, 11) is 0. The molecule has 0 aliphatic heterocycles. The summed E-state index contributed by atoms with van der Waals surface area (Å²) in [5, 5.41) is 13.6. The lowest BCUT2D eigenvalue weighted by Crippen LogP contribution is -2.40. The summed E-state index contributed by atoms with van der Waals surface area (Å²) in [5.74, 6) is -0.412. The Balaban J connectivity index is 1.83. The summed E-state index contributed by atoms with van der Waals surface area (Å²) in [6.07, 6.45) is 0. The van der Waals surface area contributed by atoms with Crippen LogP contribution in [0.3, 0.4) is 0 Å². The number of benzene rings is 2. The summed E-state index contributed by atoms with van der Waals surface area (Å²) in [6.45, 7) is 2.22. The summed E-state index contributed by atoms with van der Waals surface area (Å²) in [5.41, 5.74) is 3.17. The Morgan fingerprint density at radius 3 is 2.11 bits per heavy atom. The molecule has 28 heavy (non-hydrogen) atoms. The maximum atomic E-state index is 11.9. The average molecular weight is 393 g/mol. The normalized spacial score (nSPS) is 10.3. The minimum Gasteiger partial charge on any atom is -0.338 e. The number of carbonyl (C=O) groups is 2. The highest BCUT2D eigenvalue weighted by atomic mass is 32.2. The summed E-state index contributed by atoms with van der Waals surface area (Å²) < 4.78 is 0. The quantitative estimate of drug-likeness (QED) is 0.625. The molecule has 0 saturated carbocycles. The van der Waals surface area contributed by atoms with Gasteiger partial charge in [-0.15, -0.1) is 10.2 Å². The van der Waals surface area contributed by atoms with Gasteiger partial charge in [-0.1, -0.05) is 72.4 Å². The molecule has 0 aliphatic rings. The number of amides is 3. The van der Waals surface area contributed by atoms with Crippen molar-refractivity contribution < 1.29 is 9.59 Å². The van der Waals surface area contributed by atoms with E-state index in [0.29, 0.717) is 23.1 Å². The Labute approximate surface area is 167 Å². The molecule has 0 aliphatic carbocycles. The number of aromatic nitrogens is 3. The van der Waals surface area contributed by atoms with Crippen LogP contribution in [0.1, 0.15) is 6.92 Å². The lowest BCUT2D eigenvalue weighted by molar-refractivity contribution is -0.117. The summed E-state index contributed by atoms with van der Waals surface area (Å²) >= 11 is 1.12. The smallest absolute Gasteiger partial charge is 0.321 e. The van der Waals surface area contributed by atoms with Crippen LogP contribution in [-0.4, -0.2) is 39.4 Å². The lowest BCUT2D eigenvalue weighted by atomic mass is 10.0. The lowest BCUT2D eigenvalue weighted by Gasteiger charge is -2.09. The number of carbonyl (C=O) groups excluding carboxylic acids is 2. The number of nitrogens with one attached hydrogen (secondary N) is 2. The molecule has 2 aromatic carbocycles. The van der Waals surface area contributed by atoms with Crippen molar-refractivity contribution in [3.8, 4) is 22.5 Å². The molecule has 3 amide bonds. The van der Waals surface area contributed by atoms with E-state index in [1.807, 2.05) is 60.7 Å². The van der Waals surface area contributed by atoms with Gasteiger partial charge in [0.25, 0.3) is 0 Å². The van der Waals surface area contributed by atoms with E-state index in [2.05, 4.69) is 25.8 Å². The Bertz CT molecular complexity index is 951. The van der Waals surface area contributed by atoms with Gasteiger partial charge in [-0.2, -0.15) is 0 Å². The average Bonchev–Trinajstić information content (AvgIpc) is 2.73. The van der Waals surface area contributed by atoms with E-state index in [4.69, 9.17) is 0 Å². The van der Waals surface area contributed by atoms with Crippen LogP contribution in [0, 0.1) is 0 Å².